The maximum absolute atomic E-state index is 13.6. The van der Waals surface area contributed by atoms with Crippen molar-refractivity contribution in [1.29, 1.82) is 0 Å². The van der Waals surface area contributed by atoms with Gasteiger partial charge in [-0.2, -0.15) is 5.10 Å². The maximum atomic E-state index is 13.6. The lowest BCUT2D eigenvalue weighted by molar-refractivity contribution is 0.0685. The van der Waals surface area contributed by atoms with Gasteiger partial charge in [0.15, 0.2) is 0 Å². The molecule has 1 saturated carbocycles. The van der Waals surface area contributed by atoms with Crippen LogP contribution in [0.1, 0.15) is 51.8 Å². The summed E-state index contributed by atoms with van der Waals surface area (Å²) in [5, 5.41) is 6.69. The minimum Gasteiger partial charge on any atom is -0.266 e. The number of allylic oxidation sites excluding steroid dienone is 1. The van der Waals surface area contributed by atoms with E-state index in [1.807, 2.05) is 19.1 Å². The number of carbonyl (C=O) groups excluding carboxylic acids is 1. The van der Waals surface area contributed by atoms with Crippen molar-refractivity contribution in [2.45, 2.75) is 32.2 Å². The summed E-state index contributed by atoms with van der Waals surface area (Å²) in [6.45, 7) is 1.88. The van der Waals surface area contributed by atoms with Crippen LogP contribution in [0.3, 0.4) is 0 Å². The number of thiazole rings is 1. The van der Waals surface area contributed by atoms with Gasteiger partial charge in [0.2, 0.25) is 0 Å². The molecule has 2 heterocycles. The summed E-state index contributed by atoms with van der Waals surface area (Å²) in [4.78, 5) is 18.5. The van der Waals surface area contributed by atoms with Gasteiger partial charge in [0.1, 0.15) is 4.88 Å². The maximum Gasteiger partial charge on any atom is 0.286 e. The molecule has 1 aliphatic heterocycles. The van der Waals surface area contributed by atoms with Gasteiger partial charge in [-0.05, 0) is 73.2 Å². The first-order valence-corrected chi connectivity index (χ1v) is 13.0. The van der Waals surface area contributed by atoms with E-state index in [1.165, 1.54) is 16.9 Å². The number of amides is 1. The fraction of sp³-hybridized carbons (Fsp3) is 0.240. The lowest BCUT2D eigenvalue weighted by Gasteiger charge is -2.29. The second kappa shape index (κ2) is 9.04. The summed E-state index contributed by atoms with van der Waals surface area (Å²) in [6, 6.07) is 16.5. The van der Waals surface area contributed by atoms with Crippen LogP contribution >= 0.6 is 43.2 Å². The van der Waals surface area contributed by atoms with E-state index in [9.17, 15) is 4.79 Å². The lowest BCUT2D eigenvalue weighted by atomic mass is 9.77. The van der Waals surface area contributed by atoms with Gasteiger partial charge in [-0.1, -0.05) is 56.1 Å². The highest BCUT2D eigenvalue weighted by atomic mass is 79.9. The van der Waals surface area contributed by atoms with Crippen LogP contribution in [0.5, 0.6) is 0 Å². The van der Waals surface area contributed by atoms with Crippen LogP contribution in [-0.2, 0) is 0 Å². The Morgan fingerprint density at radius 2 is 1.78 bits per heavy atom. The van der Waals surface area contributed by atoms with Crippen molar-refractivity contribution >= 4 is 60.9 Å². The van der Waals surface area contributed by atoms with Gasteiger partial charge in [0.05, 0.1) is 23.0 Å². The fourth-order valence-corrected chi connectivity index (χ4v) is 5.80. The quantitative estimate of drug-likeness (QED) is 0.329. The van der Waals surface area contributed by atoms with E-state index in [-0.39, 0.29) is 17.9 Å². The van der Waals surface area contributed by atoms with Gasteiger partial charge in [-0.25, -0.2) is 9.99 Å². The van der Waals surface area contributed by atoms with Crippen molar-refractivity contribution < 1.29 is 4.79 Å². The normalized spacial score (nSPS) is 21.5. The van der Waals surface area contributed by atoms with E-state index in [2.05, 4.69) is 79.3 Å². The summed E-state index contributed by atoms with van der Waals surface area (Å²) in [7, 11) is 0. The topological polar surface area (TPSA) is 45.6 Å². The van der Waals surface area contributed by atoms with Crippen LogP contribution in [0, 0.1) is 12.8 Å². The third kappa shape index (κ3) is 4.14. The molecule has 2 aromatic carbocycles. The molecule has 7 heteroatoms. The molecule has 0 bridgehead atoms. The Kier molecular flexibility index (Phi) is 6.14. The average molecular weight is 571 g/mol. The van der Waals surface area contributed by atoms with Gasteiger partial charge in [0.25, 0.3) is 5.91 Å². The van der Waals surface area contributed by atoms with Crippen LogP contribution in [0.2, 0.25) is 0 Å². The Morgan fingerprint density at radius 3 is 2.44 bits per heavy atom. The zero-order valence-electron chi connectivity index (χ0n) is 17.5. The highest BCUT2D eigenvalue weighted by Crippen LogP contribution is 2.45. The number of hydrogen-bond donors (Lipinski definition) is 0. The zero-order chi connectivity index (χ0) is 22.2. The third-order valence-corrected chi connectivity index (χ3v) is 8.05. The molecule has 162 valence electrons. The molecule has 32 heavy (non-hydrogen) atoms. The fourth-order valence-electron chi connectivity index (χ4n) is 4.53. The Balaban J connectivity index is 1.58. The Hall–Kier alpha value is -2.09. The van der Waals surface area contributed by atoms with E-state index >= 15 is 0 Å². The van der Waals surface area contributed by atoms with Gasteiger partial charge in [-0.15, -0.1) is 11.3 Å². The summed E-state index contributed by atoms with van der Waals surface area (Å²) in [5.74, 6) is 0.117. The van der Waals surface area contributed by atoms with E-state index < -0.39 is 0 Å². The Morgan fingerprint density at radius 1 is 1.09 bits per heavy atom. The van der Waals surface area contributed by atoms with Gasteiger partial charge in [-0.3, -0.25) is 4.79 Å². The summed E-state index contributed by atoms with van der Waals surface area (Å²) in [5.41, 5.74) is 7.01. The molecular formula is C25H21Br2N3OS. The molecule has 0 spiro atoms. The Bertz CT molecular complexity index is 1210. The summed E-state index contributed by atoms with van der Waals surface area (Å²) in [6.07, 6.45) is 5.30. The molecule has 1 fully saturated rings. The van der Waals surface area contributed by atoms with E-state index in [1.54, 1.807) is 10.5 Å². The number of benzene rings is 2. The molecule has 2 aliphatic rings. The number of nitrogens with zero attached hydrogens (tertiary/aromatic N) is 3. The molecule has 3 aromatic rings. The number of hydrogen-bond acceptors (Lipinski definition) is 4. The highest BCUT2D eigenvalue weighted by Gasteiger charge is 2.44. The van der Waals surface area contributed by atoms with Crippen molar-refractivity contribution in [1.82, 2.24) is 9.99 Å². The molecule has 1 aromatic heterocycles. The van der Waals surface area contributed by atoms with Crippen LogP contribution in [0.25, 0.3) is 6.08 Å². The summed E-state index contributed by atoms with van der Waals surface area (Å²) < 4.78 is 2.09. The van der Waals surface area contributed by atoms with Gasteiger partial charge >= 0.3 is 0 Å². The molecule has 0 radical (unpaired) electrons. The van der Waals surface area contributed by atoms with Crippen molar-refractivity contribution in [3.8, 4) is 0 Å². The van der Waals surface area contributed by atoms with Gasteiger partial charge < -0.3 is 0 Å². The van der Waals surface area contributed by atoms with Crippen LogP contribution in [0.4, 0.5) is 0 Å². The van der Waals surface area contributed by atoms with E-state index in [0.29, 0.717) is 4.88 Å². The molecule has 2 atom stereocenters. The zero-order valence-corrected chi connectivity index (χ0v) is 21.5. The number of hydrazone groups is 1. The number of aromatic nitrogens is 1. The number of halogens is 2. The highest BCUT2D eigenvalue weighted by molar-refractivity contribution is 9.10. The molecular weight excluding hydrogens is 550 g/mol. The Labute approximate surface area is 208 Å². The largest absolute Gasteiger partial charge is 0.286 e. The lowest BCUT2D eigenvalue weighted by Crippen LogP contribution is -2.31. The number of aryl methyl sites for hydroxylation is 1. The molecule has 0 saturated heterocycles. The van der Waals surface area contributed by atoms with E-state index in [0.717, 1.165) is 50.7 Å². The van der Waals surface area contributed by atoms with Crippen LogP contribution in [-0.4, -0.2) is 21.6 Å². The number of rotatable bonds is 3. The SMILES string of the molecule is Cc1ncsc1C(=O)N1N=C2/C(=C/c3ccc(Br)cc3)CCC[C@@H]2[C@H]1c1ccc(Br)cc1. The first-order chi connectivity index (χ1) is 15.5. The second-order valence-corrected chi connectivity index (χ2v) is 10.8. The van der Waals surface area contributed by atoms with E-state index in [4.69, 9.17) is 5.10 Å². The number of carbonyl (C=O) groups is 1. The molecule has 0 unspecified atom stereocenters. The first kappa shape index (κ1) is 21.7. The third-order valence-electron chi connectivity index (χ3n) is 6.07. The average Bonchev–Trinajstić information content (AvgIpc) is 3.40. The summed E-state index contributed by atoms with van der Waals surface area (Å²) >= 11 is 8.42. The monoisotopic (exact) mass is 569 g/mol. The smallest absolute Gasteiger partial charge is 0.266 e. The molecule has 4 nitrogen and oxygen atoms in total. The van der Waals surface area contributed by atoms with Crippen molar-refractivity contribution in [3.05, 3.63) is 90.3 Å². The predicted octanol–water partition coefficient (Wildman–Crippen LogP) is 7.41. The van der Waals surface area contributed by atoms with Crippen molar-refractivity contribution in [2.75, 3.05) is 0 Å². The molecule has 5 rings (SSSR count). The van der Waals surface area contributed by atoms with Crippen molar-refractivity contribution in [2.24, 2.45) is 11.0 Å². The van der Waals surface area contributed by atoms with Crippen LogP contribution in [0.15, 0.2) is 73.7 Å². The van der Waals surface area contributed by atoms with Gasteiger partial charge in [0, 0.05) is 14.9 Å². The first-order valence-electron chi connectivity index (χ1n) is 10.6. The molecule has 1 aliphatic carbocycles. The van der Waals surface area contributed by atoms with Crippen molar-refractivity contribution in [3.63, 3.8) is 0 Å². The molecule has 1 amide bonds. The molecule has 0 N–H and O–H groups in total. The minimum absolute atomic E-state index is 0.0668. The van der Waals surface area contributed by atoms with Crippen LogP contribution < -0.4 is 0 Å². The minimum atomic E-state index is -0.110. The number of fused-ring (bicyclic) bond motifs is 1. The second-order valence-electron chi connectivity index (χ2n) is 8.12. The standard InChI is InChI=1S/C25H21Br2N3OS/c1-15-24(32-14-28-15)25(31)30-23(17-7-11-20(27)12-8-17)21-4-2-3-18(22(21)29-30)13-16-5-9-19(26)10-6-16/h5-14,21,23H,2-4H2,1H3/b18-13+/t21-,23+/m0/s1. The predicted molar refractivity (Wildman–Crippen MR) is 137 cm³/mol.